The van der Waals surface area contributed by atoms with E-state index in [1.54, 1.807) is 22.7 Å². The van der Waals surface area contributed by atoms with Gasteiger partial charge in [0.1, 0.15) is 46.4 Å². The van der Waals surface area contributed by atoms with Crippen molar-refractivity contribution in [1.29, 1.82) is 0 Å². The number of tetrazole rings is 1. The van der Waals surface area contributed by atoms with E-state index in [2.05, 4.69) is 41.1 Å². The molecule has 3 unspecified atom stereocenters. The van der Waals surface area contributed by atoms with Crippen molar-refractivity contribution in [1.82, 2.24) is 45.4 Å². The topological polar surface area (TPSA) is 153 Å². The predicted molar refractivity (Wildman–Crippen MR) is 166 cm³/mol. The second-order valence-electron chi connectivity index (χ2n) is 11.7. The Hall–Kier alpha value is -4.34. The molecule has 45 heavy (non-hydrogen) atoms. The number of nitrogen functional groups attached to an aromatic ring is 1. The van der Waals surface area contributed by atoms with Crippen LogP contribution in [0.1, 0.15) is 35.4 Å². The summed E-state index contributed by atoms with van der Waals surface area (Å²) in [5.41, 5.74) is 9.26. The third-order valence-electron chi connectivity index (χ3n) is 8.95. The number of piperidine rings is 2. The summed E-state index contributed by atoms with van der Waals surface area (Å²) in [6.45, 7) is 2.22. The van der Waals surface area contributed by atoms with Gasteiger partial charge >= 0.3 is 0 Å². The quantitative estimate of drug-likeness (QED) is 0.239. The van der Waals surface area contributed by atoms with Crippen molar-refractivity contribution in [2.75, 3.05) is 30.3 Å². The lowest BCUT2D eigenvalue weighted by atomic mass is 10.0. The van der Waals surface area contributed by atoms with Crippen LogP contribution in [-0.2, 0) is 0 Å². The van der Waals surface area contributed by atoms with Crippen LogP contribution in [-0.4, -0.2) is 78.5 Å². The van der Waals surface area contributed by atoms with Gasteiger partial charge in [-0.2, -0.15) is 9.78 Å². The Morgan fingerprint density at radius 1 is 1.22 bits per heavy atom. The number of fused-ring (bicyclic) bond motifs is 3. The van der Waals surface area contributed by atoms with Gasteiger partial charge in [-0.25, -0.2) is 13.9 Å². The molecule has 3 fully saturated rings. The molecule has 4 aromatic heterocycles. The van der Waals surface area contributed by atoms with E-state index >= 15 is 4.39 Å². The fourth-order valence-corrected chi connectivity index (χ4v) is 7.92. The van der Waals surface area contributed by atoms with Gasteiger partial charge in [-0.15, -0.1) is 16.4 Å². The molecule has 1 aromatic carbocycles. The summed E-state index contributed by atoms with van der Waals surface area (Å²) >= 11 is 7.60. The van der Waals surface area contributed by atoms with Crippen LogP contribution in [0.15, 0.2) is 43.0 Å². The van der Waals surface area contributed by atoms with Gasteiger partial charge in [0.25, 0.3) is 5.91 Å². The zero-order chi connectivity index (χ0) is 30.7. The minimum Gasteiger partial charge on any atom is -0.488 e. The lowest BCUT2D eigenvalue weighted by molar-refractivity contribution is 0.0925. The number of hydrogen-bond donors (Lipinski definition) is 3. The molecule has 1 aliphatic carbocycles. The zero-order valence-electron chi connectivity index (χ0n) is 23.9. The number of hydrogen-bond acceptors (Lipinski definition) is 11. The molecule has 232 valence electrons. The normalized spacial score (nSPS) is 22.8. The second kappa shape index (κ2) is 11.2. The third kappa shape index (κ3) is 5.14. The molecule has 8 rings (SSSR count). The van der Waals surface area contributed by atoms with Crippen LogP contribution in [0, 0.1) is 11.7 Å². The molecule has 4 N–H and O–H groups in total. The number of halogens is 2. The van der Waals surface area contributed by atoms with Crippen molar-refractivity contribution in [2.45, 2.75) is 43.9 Å². The van der Waals surface area contributed by atoms with E-state index in [0.717, 1.165) is 44.5 Å². The van der Waals surface area contributed by atoms with Crippen LogP contribution in [0.25, 0.3) is 22.5 Å². The molecule has 2 aliphatic heterocycles. The molecule has 4 atom stereocenters. The van der Waals surface area contributed by atoms with Gasteiger partial charge in [-0.3, -0.25) is 4.79 Å². The molecular formula is C29H29ClFN11O2S. The van der Waals surface area contributed by atoms with Crippen LogP contribution in [0.3, 0.4) is 0 Å². The Labute approximate surface area is 265 Å². The lowest BCUT2D eigenvalue weighted by Crippen LogP contribution is -2.47. The standard InChI is InChI=1S/C29H29ClFN11O2S/c30-25-10-24(44-23-8-18-6-16(23)11-33-18)27(45-25)29(43)37-17-2-1-5-40(12-17)22-9-21(42-26(22)28(32)34-13-36-42)15-3-4-20(19(31)7-15)41-14-35-38-39-41/h3-4,7,9-10,13-14,16-18,23,33H,1-2,5-6,8,11-12H2,(H,37,43)(H2,32,34,36)/t16?,17-,18?,23?/m1/s1. The zero-order valence-corrected chi connectivity index (χ0v) is 25.5. The van der Waals surface area contributed by atoms with E-state index in [0.29, 0.717) is 56.1 Å². The fraction of sp³-hybridized carbons (Fsp3) is 0.379. The highest BCUT2D eigenvalue weighted by Crippen LogP contribution is 2.40. The first kappa shape index (κ1) is 28.2. The number of anilines is 2. The number of nitrogens with one attached hydrogen (secondary N) is 2. The minimum atomic E-state index is -0.492. The third-order valence-corrected chi connectivity index (χ3v) is 10.2. The van der Waals surface area contributed by atoms with Crippen molar-refractivity contribution in [2.24, 2.45) is 5.92 Å². The van der Waals surface area contributed by atoms with Gasteiger partial charge in [-0.1, -0.05) is 17.7 Å². The number of benzene rings is 1. The molecule has 6 heterocycles. The number of amides is 1. The first-order valence-corrected chi connectivity index (χ1v) is 16.0. The molecule has 0 radical (unpaired) electrons. The highest BCUT2D eigenvalue weighted by molar-refractivity contribution is 7.18. The van der Waals surface area contributed by atoms with E-state index in [-0.39, 0.29) is 23.7 Å². The molecule has 5 aromatic rings. The Balaban J connectivity index is 1.04. The first-order valence-electron chi connectivity index (χ1n) is 14.8. The Kier molecular flexibility index (Phi) is 7.02. The highest BCUT2D eigenvalue weighted by Gasteiger charge is 2.41. The van der Waals surface area contributed by atoms with Crippen molar-refractivity contribution >= 4 is 45.9 Å². The summed E-state index contributed by atoms with van der Waals surface area (Å²) in [7, 11) is 0. The number of carbonyl (C=O) groups excluding carboxylic acids is 1. The van der Waals surface area contributed by atoms with Crippen molar-refractivity contribution in [3.8, 4) is 22.7 Å². The molecule has 1 amide bonds. The number of nitrogens with two attached hydrogens (primary N) is 1. The number of nitrogens with zero attached hydrogens (tertiary/aromatic N) is 8. The Bertz CT molecular complexity index is 1900. The first-order chi connectivity index (χ1) is 21.9. The molecule has 2 bridgehead atoms. The smallest absolute Gasteiger partial charge is 0.265 e. The van der Waals surface area contributed by atoms with Gasteiger partial charge in [0, 0.05) is 49.3 Å². The lowest BCUT2D eigenvalue weighted by Gasteiger charge is -2.34. The van der Waals surface area contributed by atoms with Crippen LogP contribution in [0.5, 0.6) is 5.75 Å². The highest BCUT2D eigenvalue weighted by atomic mass is 35.5. The average Bonchev–Trinajstić information content (AvgIpc) is 3.87. The van der Waals surface area contributed by atoms with Gasteiger partial charge in [0.05, 0.1) is 15.7 Å². The fourth-order valence-electron chi connectivity index (χ4n) is 6.87. The summed E-state index contributed by atoms with van der Waals surface area (Å²) in [6, 6.07) is 8.85. The van der Waals surface area contributed by atoms with Gasteiger partial charge in [-0.05, 0) is 54.3 Å². The Morgan fingerprint density at radius 3 is 2.91 bits per heavy atom. The molecule has 1 saturated carbocycles. The number of ether oxygens (including phenoxy) is 1. The van der Waals surface area contributed by atoms with Crippen LogP contribution < -0.4 is 26.0 Å². The summed E-state index contributed by atoms with van der Waals surface area (Å²) < 4.78 is 25.0. The van der Waals surface area contributed by atoms with Crippen LogP contribution >= 0.6 is 22.9 Å². The van der Waals surface area contributed by atoms with Crippen molar-refractivity contribution in [3.05, 3.63) is 58.0 Å². The van der Waals surface area contributed by atoms with Gasteiger partial charge in [0.15, 0.2) is 5.82 Å². The Morgan fingerprint density at radius 2 is 2.13 bits per heavy atom. The number of carbonyl (C=O) groups is 1. The van der Waals surface area contributed by atoms with E-state index in [4.69, 9.17) is 22.1 Å². The van der Waals surface area contributed by atoms with Gasteiger partial charge in [0.2, 0.25) is 0 Å². The largest absolute Gasteiger partial charge is 0.488 e. The molecule has 13 nitrogen and oxygen atoms in total. The summed E-state index contributed by atoms with van der Waals surface area (Å²) in [6.07, 6.45) is 6.49. The number of rotatable bonds is 7. The average molecular weight is 650 g/mol. The van der Waals surface area contributed by atoms with Crippen molar-refractivity contribution in [3.63, 3.8) is 0 Å². The maximum absolute atomic E-state index is 15.2. The summed E-state index contributed by atoms with van der Waals surface area (Å²) in [4.78, 5) is 20.5. The van der Waals surface area contributed by atoms with E-state index in [9.17, 15) is 4.79 Å². The number of aromatic nitrogens is 7. The van der Waals surface area contributed by atoms with Gasteiger partial charge < -0.3 is 26.0 Å². The maximum atomic E-state index is 15.2. The predicted octanol–water partition coefficient (Wildman–Crippen LogP) is 3.34. The summed E-state index contributed by atoms with van der Waals surface area (Å²) in [5.74, 6) is 0.621. The number of thiophene rings is 1. The molecule has 3 aliphatic rings. The molecular weight excluding hydrogens is 621 g/mol. The minimum absolute atomic E-state index is 0.0906. The van der Waals surface area contributed by atoms with E-state index in [1.165, 1.54) is 34.7 Å². The van der Waals surface area contributed by atoms with E-state index < -0.39 is 5.82 Å². The van der Waals surface area contributed by atoms with Crippen molar-refractivity contribution < 1.29 is 13.9 Å². The van der Waals surface area contributed by atoms with E-state index in [1.807, 2.05) is 6.07 Å². The van der Waals surface area contributed by atoms with Crippen LogP contribution in [0.4, 0.5) is 15.9 Å². The molecule has 16 heteroatoms. The SMILES string of the molecule is Nc1ncnn2c(-c3ccc(-n4cnnn4)c(F)c3)cc(N3CCC[C@@H](NC(=O)c4sc(Cl)cc4OC4CC5CC4CN5)C3)c12. The summed E-state index contributed by atoms with van der Waals surface area (Å²) in [5, 5.41) is 22.1. The molecule has 2 saturated heterocycles. The van der Waals surface area contributed by atoms with Crippen LogP contribution in [0.2, 0.25) is 4.34 Å². The second-order valence-corrected chi connectivity index (χ2v) is 13.4. The monoisotopic (exact) mass is 649 g/mol. The molecule has 0 spiro atoms. The maximum Gasteiger partial charge on any atom is 0.265 e.